The summed E-state index contributed by atoms with van der Waals surface area (Å²) in [6.07, 6.45) is 6.29. The number of aromatic nitrogens is 2. The van der Waals surface area contributed by atoms with Gasteiger partial charge in [-0.15, -0.1) is 0 Å². The van der Waals surface area contributed by atoms with Crippen molar-refractivity contribution >= 4 is 15.9 Å². The van der Waals surface area contributed by atoms with E-state index in [1.807, 2.05) is 12.5 Å². The molecule has 1 unspecified atom stereocenters. The third-order valence-electron chi connectivity index (χ3n) is 3.19. The van der Waals surface area contributed by atoms with Crippen LogP contribution in [0.25, 0.3) is 5.69 Å². The van der Waals surface area contributed by atoms with Crippen LogP contribution in [0.5, 0.6) is 0 Å². The zero-order valence-corrected chi connectivity index (χ0v) is 11.0. The molecular weight excluding hydrogens is 278 g/mol. The predicted molar refractivity (Wildman–Crippen MR) is 71.2 cm³/mol. The molecule has 1 saturated heterocycles. The standard InChI is InChI=1S/C13H14BrN3/c14-10-3-5-11(6-4-10)17-9-15-8-13(17)12-2-1-7-16-12/h3-6,8-9,12,16H,1-2,7H2. The number of rotatable bonds is 2. The Bertz CT molecular complexity index is 498. The van der Waals surface area contributed by atoms with Gasteiger partial charge in [0.25, 0.3) is 0 Å². The first kappa shape index (κ1) is 11.0. The van der Waals surface area contributed by atoms with Crippen LogP contribution >= 0.6 is 15.9 Å². The topological polar surface area (TPSA) is 29.9 Å². The number of nitrogens with one attached hydrogen (secondary N) is 1. The maximum Gasteiger partial charge on any atom is 0.0994 e. The average molecular weight is 292 g/mol. The van der Waals surface area contributed by atoms with Crippen LogP contribution in [0.3, 0.4) is 0 Å². The Morgan fingerprint density at radius 2 is 2.12 bits per heavy atom. The van der Waals surface area contributed by atoms with Gasteiger partial charge in [-0.2, -0.15) is 0 Å². The van der Waals surface area contributed by atoms with Gasteiger partial charge in [-0.3, -0.25) is 0 Å². The van der Waals surface area contributed by atoms with E-state index < -0.39 is 0 Å². The largest absolute Gasteiger partial charge is 0.309 e. The summed E-state index contributed by atoms with van der Waals surface area (Å²) in [5, 5.41) is 3.51. The van der Waals surface area contributed by atoms with E-state index in [0.29, 0.717) is 6.04 Å². The van der Waals surface area contributed by atoms with Gasteiger partial charge in [-0.1, -0.05) is 15.9 Å². The molecule has 88 valence electrons. The van der Waals surface area contributed by atoms with Gasteiger partial charge in [-0.05, 0) is 43.7 Å². The quantitative estimate of drug-likeness (QED) is 0.922. The van der Waals surface area contributed by atoms with Gasteiger partial charge in [0, 0.05) is 16.2 Å². The summed E-state index contributed by atoms with van der Waals surface area (Å²) >= 11 is 3.46. The number of imidazole rings is 1. The third kappa shape index (κ3) is 2.15. The van der Waals surface area contributed by atoms with Crippen LogP contribution in [0.2, 0.25) is 0 Å². The number of hydrogen-bond acceptors (Lipinski definition) is 2. The summed E-state index contributed by atoms with van der Waals surface area (Å²) in [4.78, 5) is 4.28. The molecule has 0 bridgehead atoms. The molecule has 0 amide bonds. The summed E-state index contributed by atoms with van der Waals surface area (Å²) < 4.78 is 3.26. The van der Waals surface area contributed by atoms with Crippen molar-refractivity contribution in [1.82, 2.24) is 14.9 Å². The van der Waals surface area contributed by atoms with Crippen LogP contribution < -0.4 is 5.32 Å². The molecule has 4 heteroatoms. The maximum atomic E-state index is 4.28. The average Bonchev–Trinajstić information content (AvgIpc) is 3.00. The molecule has 0 saturated carbocycles. The fourth-order valence-electron chi connectivity index (χ4n) is 2.32. The van der Waals surface area contributed by atoms with Crippen LogP contribution in [0.4, 0.5) is 0 Å². The van der Waals surface area contributed by atoms with E-state index in [0.717, 1.165) is 16.7 Å². The summed E-state index contributed by atoms with van der Waals surface area (Å²) in [6.45, 7) is 1.11. The van der Waals surface area contributed by atoms with E-state index in [2.05, 4.69) is 55.1 Å². The van der Waals surface area contributed by atoms with Crippen LogP contribution in [0.1, 0.15) is 24.6 Å². The van der Waals surface area contributed by atoms with Gasteiger partial charge in [0.15, 0.2) is 0 Å². The SMILES string of the molecule is Brc1ccc(-n2cncc2C2CCCN2)cc1. The lowest BCUT2D eigenvalue weighted by Gasteiger charge is -2.13. The number of nitrogens with zero attached hydrogens (tertiary/aromatic N) is 2. The molecule has 1 aromatic heterocycles. The maximum absolute atomic E-state index is 4.28. The molecule has 0 radical (unpaired) electrons. The lowest BCUT2D eigenvalue weighted by molar-refractivity contribution is 0.615. The molecule has 17 heavy (non-hydrogen) atoms. The van der Waals surface area contributed by atoms with Crippen molar-refractivity contribution in [3.05, 3.63) is 47.0 Å². The molecule has 0 spiro atoms. The van der Waals surface area contributed by atoms with E-state index in [4.69, 9.17) is 0 Å². The Morgan fingerprint density at radius 3 is 2.82 bits per heavy atom. The van der Waals surface area contributed by atoms with E-state index in [1.54, 1.807) is 0 Å². The number of benzene rings is 1. The van der Waals surface area contributed by atoms with Gasteiger partial charge in [0.2, 0.25) is 0 Å². The van der Waals surface area contributed by atoms with Crippen molar-refractivity contribution in [2.45, 2.75) is 18.9 Å². The summed E-state index contributed by atoms with van der Waals surface area (Å²) in [7, 11) is 0. The van der Waals surface area contributed by atoms with Gasteiger partial charge in [0.1, 0.15) is 0 Å². The molecule has 1 atom stereocenters. The molecule has 3 rings (SSSR count). The Hall–Kier alpha value is -1.13. The summed E-state index contributed by atoms with van der Waals surface area (Å²) in [5.74, 6) is 0. The van der Waals surface area contributed by atoms with Crippen LogP contribution in [-0.4, -0.2) is 16.1 Å². The van der Waals surface area contributed by atoms with Crippen molar-refractivity contribution in [3.63, 3.8) is 0 Å². The van der Waals surface area contributed by atoms with Crippen molar-refractivity contribution in [2.24, 2.45) is 0 Å². The van der Waals surface area contributed by atoms with E-state index >= 15 is 0 Å². The lowest BCUT2D eigenvalue weighted by Crippen LogP contribution is -2.16. The van der Waals surface area contributed by atoms with Gasteiger partial charge in [-0.25, -0.2) is 4.98 Å². The first-order valence-corrected chi connectivity index (χ1v) is 6.65. The number of halogens is 1. The van der Waals surface area contributed by atoms with Crippen molar-refractivity contribution in [2.75, 3.05) is 6.54 Å². The summed E-state index contributed by atoms with van der Waals surface area (Å²) in [6, 6.07) is 8.76. The molecule has 2 aromatic rings. The van der Waals surface area contributed by atoms with Crippen LogP contribution in [0, 0.1) is 0 Å². The lowest BCUT2D eigenvalue weighted by atomic mass is 10.1. The smallest absolute Gasteiger partial charge is 0.0994 e. The van der Waals surface area contributed by atoms with Crippen molar-refractivity contribution in [3.8, 4) is 5.69 Å². The molecule has 3 nitrogen and oxygen atoms in total. The van der Waals surface area contributed by atoms with Crippen LogP contribution in [0.15, 0.2) is 41.3 Å². The minimum Gasteiger partial charge on any atom is -0.309 e. The highest BCUT2D eigenvalue weighted by atomic mass is 79.9. The zero-order chi connectivity index (χ0) is 11.7. The normalized spacial score (nSPS) is 19.7. The minimum absolute atomic E-state index is 0.446. The van der Waals surface area contributed by atoms with Crippen LogP contribution in [-0.2, 0) is 0 Å². The first-order chi connectivity index (χ1) is 8.34. The van der Waals surface area contributed by atoms with Gasteiger partial charge in [0.05, 0.1) is 18.2 Å². The second-order valence-electron chi connectivity index (χ2n) is 4.31. The van der Waals surface area contributed by atoms with Crippen molar-refractivity contribution < 1.29 is 0 Å². The second kappa shape index (κ2) is 4.63. The second-order valence-corrected chi connectivity index (χ2v) is 5.23. The Labute approximate surface area is 109 Å². The van der Waals surface area contributed by atoms with E-state index in [9.17, 15) is 0 Å². The Kier molecular flexibility index (Phi) is 2.99. The molecule has 1 aromatic carbocycles. The minimum atomic E-state index is 0.446. The molecule has 2 heterocycles. The molecule has 1 aliphatic heterocycles. The Morgan fingerprint density at radius 1 is 1.29 bits per heavy atom. The molecular formula is C13H14BrN3. The summed E-state index contributed by atoms with van der Waals surface area (Å²) in [5.41, 5.74) is 2.42. The van der Waals surface area contributed by atoms with E-state index in [1.165, 1.54) is 18.5 Å². The zero-order valence-electron chi connectivity index (χ0n) is 9.44. The first-order valence-electron chi connectivity index (χ1n) is 5.86. The molecule has 0 aliphatic carbocycles. The Balaban J connectivity index is 1.97. The van der Waals surface area contributed by atoms with E-state index in [-0.39, 0.29) is 0 Å². The molecule has 1 aliphatic rings. The highest BCUT2D eigenvalue weighted by molar-refractivity contribution is 9.10. The van der Waals surface area contributed by atoms with Gasteiger partial charge >= 0.3 is 0 Å². The molecule has 1 fully saturated rings. The predicted octanol–water partition coefficient (Wildman–Crippen LogP) is 3.06. The van der Waals surface area contributed by atoms with Crippen molar-refractivity contribution in [1.29, 1.82) is 0 Å². The monoisotopic (exact) mass is 291 g/mol. The highest BCUT2D eigenvalue weighted by Gasteiger charge is 2.20. The fourth-order valence-corrected chi connectivity index (χ4v) is 2.58. The van der Waals surface area contributed by atoms with Gasteiger partial charge < -0.3 is 9.88 Å². The fraction of sp³-hybridized carbons (Fsp3) is 0.308. The highest BCUT2D eigenvalue weighted by Crippen LogP contribution is 2.25. The molecule has 1 N–H and O–H groups in total. The third-order valence-corrected chi connectivity index (χ3v) is 3.72. The number of hydrogen-bond donors (Lipinski definition) is 1.